The van der Waals surface area contributed by atoms with E-state index in [2.05, 4.69) is 59.0 Å². The first-order valence-electron chi connectivity index (χ1n) is 15.1. The average molecular weight is 524 g/mol. The molecule has 1 aromatic carbocycles. The van der Waals surface area contributed by atoms with E-state index in [1.807, 2.05) is 18.2 Å². The number of benzene rings is 1. The second kappa shape index (κ2) is 20.3. The van der Waals surface area contributed by atoms with E-state index in [1.165, 1.54) is 44.9 Å². The van der Waals surface area contributed by atoms with Crippen LogP contribution < -0.4 is 5.32 Å². The Bertz CT molecular complexity index is 660. The number of rotatable bonds is 23. The van der Waals surface area contributed by atoms with E-state index in [-0.39, 0.29) is 0 Å². The molecule has 0 aliphatic rings. The van der Waals surface area contributed by atoms with Gasteiger partial charge < -0.3 is 9.05 Å². The first-order chi connectivity index (χ1) is 17.5. The minimum absolute atomic E-state index is 0.410. The molecule has 1 rings (SSSR count). The van der Waals surface area contributed by atoms with Gasteiger partial charge in [0, 0.05) is 0 Å². The Hall–Kier alpha value is -0.670. The summed E-state index contributed by atoms with van der Waals surface area (Å²) in [5.74, 6) is 0.939. The molecule has 0 spiro atoms. The Morgan fingerprint density at radius 1 is 0.694 bits per heavy atom. The van der Waals surface area contributed by atoms with Crippen LogP contribution >= 0.6 is 7.60 Å². The molecule has 0 fully saturated rings. The van der Waals surface area contributed by atoms with Crippen LogP contribution in [0.25, 0.3) is 0 Å². The van der Waals surface area contributed by atoms with Gasteiger partial charge in [-0.3, -0.25) is 9.88 Å². The smallest absolute Gasteiger partial charge is 0.307 e. The highest BCUT2D eigenvalue weighted by molar-refractivity contribution is 7.54. The van der Waals surface area contributed by atoms with Crippen molar-refractivity contribution in [1.29, 1.82) is 0 Å². The van der Waals surface area contributed by atoms with Crippen molar-refractivity contribution in [2.45, 2.75) is 124 Å². The van der Waals surface area contributed by atoms with Gasteiger partial charge in [0.05, 0.1) is 13.2 Å². The van der Waals surface area contributed by atoms with Gasteiger partial charge in [0.1, 0.15) is 5.78 Å². The molecule has 0 saturated heterocycles. The first kappa shape index (κ1) is 33.4. The van der Waals surface area contributed by atoms with E-state index in [9.17, 15) is 4.57 Å². The summed E-state index contributed by atoms with van der Waals surface area (Å²) in [4.78, 5) is 0. The summed E-state index contributed by atoms with van der Waals surface area (Å²) >= 11 is 0. The summed E-state index contributed by atoms with van der Waals surface area (Å²) in [6.45, 7) is 15.2. The van der Waals surface area contributed by atoms with Gasteiger partial charge in [-0.15, -0.1) is 0 Å². The minimum atomic E-state index is -3.45. The maximum absolute atomic E-state index is 14.7. The molecule has 0 aromatic heterocycles. The van der Waals surface area contributed by atoms with Crippen molar-refractivity contribution in [2.75, 3.05) is 19.8 Å². The average Bonchev–Trinajstić information content (AvgIpc) is 2.91. The molecule has 5 heteroatoms. The molecule has 1 N–H and O–H groups in total. The van der Waals surface area contributed by atoms with Crippen LogP contribution in [0.2, 0.25) is 0 Å². The standard InChI is InChI=1S/C31H58NO3P/c1-7-13-19-27(10-4)24-32-31(30-22-17-16-18-23-30)36(33,34-25-28(11-5)20-14-8-2)35-26-29(12-6)21-15-9-3/h16-18,22-23,27-29,31-32H,7-15,19-21,24-26H2,1-6H3. The highest BCUT2D eigenvalue weighted by Gasteiger charge is 2.38. The second-order valence-electron chi connectivity index (χ2n) is 10.6. The van der Waals surface area contributed by atoms with Crippen molar-refractivity contribution in [1.82, 2.24) is 5.32 Å². The number of unbranched alkanes of at least 4 members (excludes halogenated alkanes) is 3. The van der Waals surface area contributed by atoms with Crippen LogP contribution in [-0.2, 0) is 13.6 Å². The first-order valence-corrected chi connectivity index (χ1v) is 16.8. The zero-order valence-corrected chi connectivity index (χ0v) is 25.4. The van der Waals surface area contributed by atoms with Crippen molar-refractivity contribution in [3.8, 4) is 0 Å². The van der Waals surface area contributed by atoms with Crippen molar-refractivity contribution in [3.05, 3.63) is 35.9 Å². The SMILES string of the molecule is CCCCC(CC)CNC(c1ccccc1)P(=O)(OCC(CC)CCCC)OCC(CC)CCCC. The molecule has 0 bridgehead atoms. The largest absolute Gasteiger partial charge is 0.351 e. The third-order valence-corrected chi connectivity index (χ3v) is 9.77. The van der Waals surface area contributed by atoms with Gasteiger partial charge in [0.25, 0.3) is 0 Å². The van der Waals surface area contributed by atoms with Crippen LogP contribution in [-0.4, -0.2) is 19.8 Å². The number of hydrogen-bond donors (Lipinski definition) is 1. The fourth-order valence-electron chi connectivity index (χ4n) is 4.67. The predicted octanol–water partition coefficient (Wildman–Crippen LogP) is 10.2. The molecular formula is C31H58NO3P. The minimum Gasteiger partial charge on any atom is -0.307 e. The van der Waals surface area contributed by atoms with Crippen molar-refractivity contribution in [2.24, 2.45) is 17.8 Å². The van der Waals surface area contributed by atoms with Gasteiger partial charge in [0.2, 0.25) is 0 Å². The van der Waals surface area contributed by atoms with E-state index in [0.717, 1.165) is 44.2 Å². The van der Waals surface area contributed by atoms with Crippen molar-refractivity contribution in [3.63, 3.8) is 0 Å². The molecule has 4 atom stereocenters. The second-order valence-corrected chi connectivity index (χ2v) is 12.7. The van der Waals surface area contributed by atoms with Gasteiger partial charge in [-0.05, 0) is 49.1 Å². The molecule has 210 valence electrons. The fraction of sp³-hybridized carbons (Fsp3) is 0.806. The van der Waals surface area contributed by atoms with E-state index in [4.69, 9.17) is 9.05 Å². The zero-order valence-electron chi connectivity index (χ0n) is 24.5. The van der Waals surface area contributed by atoms with Crippen LogP contribution in [0.15, 0.2) is 30.3 Å². The maximum Gasteiger partial charge on any atom is 0.351 e. The Balaban J connectivity index is 3.20. The summed E-state index contributed by atoms with van der Waals surface area (Å²) in [7, 11) is -3.45. The predicted molar refractivity (Wildman–Crippen MR) is 157 cm³/mol. The van der Waals surface area contributed by atoms with E-state index in [0.29, 0.717) is 31.0 Å². The van der Waals surface area contributed by atoms with E-state index < -0.39 is 13.4 Å². The van der Waals surface area contributed by atoms with E-state index >= 15 is 0 Å². The highest BCUT2D eigenvalue weighted by atomic mass is 31.2. The zero-order chi connectivity index (χ0) is 26.7. The lowest BCUT2D eigenvalue weighted by Gasteiger charge is -2.31. The van der Waals surface area contributed by atoms with Crippen molar-refractivity contribution < 1.29 is 13.6 Å². The monoisotopic (exact) mass is 523 g/mol. The molecule has 0 saturated carbocycles. The number of hydrogen-bond acceptors (Lipinski definition) is 4. The summed E-state index contributed by atoms with van der Waals surface area (Å²) in [5, 5.41) is 3.69. The summed E-state index contributed by atoms with van der Waals surface area (Å²) in [5.41, 5.74) is 0.995. The van der Waals surface area contributed by atoms with Crippen LogP contribution in [0.5, 0.6) is 0 Å². The molecule has 0 aliphatic heterocycles. The molecule has 36 heavy (non-hydrogen) atoms. The van der Waals surface area contributed by atoms with Gasteiger partial charge in [-0.1, -0.05) is 130 Å². The molecule has 4 nitrogen and oxygen atoms in total. The topological polar surface area (TPSA) is 47.6 Å². The third-order valence-electron chi connectivity index (χ3n) is 7.64. The van der Waals surface area contributed by atoms with Crippen LogP contribution in [0.3, 0.4) is 0 Å². The normalized spacial score (nSPS) is 16.8. The Morgan fingerprint density at radius 2 is 1.14 bits per heavy atom. The van der Waals surface area contributed by atoms with Gasteiger partial charge >= 0.3 is 7.60 Å². The lowest BCUT2D eigenvalue weighted by atomic mass is 9.99. The Labute approximate surface area is 224 Å². The third kappa shape index (κ3) is 12.7. The maximum atomic E-state index is 14.7. The Morgan fingerprint density at radius 3 is 1.56 bits per heavy atom. The van der Waals surface area contributed by atoms with Gasteiger partial charge in [0.15, 0.2) is 0 Å². The Kier molecular flexibility index (Phi) is 18.8. The fourth-order valence-corrected chi connectivity index (χ4v) is 6.75. The highest BCUT2D eigenvalue weighted by Crippen LogP contribution is 2.60. The van der Waals surface area contributed by atoms with E-state index in [1.54, 1.807) is 0 Å². The number of nitrogens with one attached hydrogen (secondary N) is 1. The quantitative estimate of drug-likeness (QED) is 0.145. The molecule has 0 amide bonds. The molecule has 4 unspecified atom stereocenters. The molecule has 0 heterocycles. The lowest BCUT2D eigenvalue weighted by Crippen LogP contribution is -2.29. The molecule has 1 aromatic rings. The molecule has 0 radical (unpaired) electrons. The molecular weight excluding hydrogens is 465 g/mol. The van der Waals surface area contributed by atoms with Crippen molar-refractivity contribution >= 4 is 7.60 Å². The van der Waals surface area contributed by atoms with Crippen LogP contribution in [0.1, 0.15) is 130 Å². The molecule has 0 aliphatic carbocycles. The van der Waals surface area contributed by atoms with Gasteiger partial charge in [-0.25, -0.2) is 0 Å². The summed E-state index contributed by atoms with van der Waals surface area (Å²) in [6, 6.07) is 10.2. The van der Waals surface area contributed by atoms with Crippen LogP contribution in [0.4, 0.5) is 0 Å². The lowest BCUT2D eigenvalue weighted by molar-refractivity contribution is 0.142. The van der Waals surface area contributed by atoms with Crippen LogP contribution in [0, 0.1) is 17.8 Å². The van der Waals surface area contributed by atoms with Gasteiger partial charge in [-0.2, -0.15) is 0 Å². The summed E-state index contributed by atoms with van der Waals surface area (Å²) in [6.07, 6.45) is 13.7. The summed E-state index contributed by atoms with van der Waals surface area (Å²) < 4.78 is 27.5.